The van der Waals surface area contributed by atoms with Gasteiger partial charge in [-0.3, -0.25) is 14.5 Å². The summed E-state index contributed by atoms with van der Waals surface area (Å²) < 4.78 is 39.4. The van der Waals surface area contributed by atoms with Crippen molar-refractivity contribution in [2.75, 3.05) is 37.6 Å². The van der Waals surface area contributed by atoms with Gasteiger partial charge in [-0.05, 0) is 43.3 Å². The molecule has 0 aliphatic carbocycles. The zero-order valence-electron chi connectivity index (χ0n) is 20.4. The van der Waals surface area contributed by atoms with E-state index in [4.69, 9.17) is 9.47 Å². The first-order valence-corrected chi connectivity index (χ1v) is 13.6. The van der Waals surface area contributed by atoms with Gasteiger partial charge in [0.25, 0.3) is 15.9 Å². The Labute approximate surface area is 215 Å². The van der Waals surface area contributed by atoms with Crippen molar-refractivity contribution in [1.82, 2.24) is 14.8 Å². The Morgan fingerprint density at radius 3 is 2.59 bits per heavy atom. The van der Waals surface area contributed by atoms with Crippen LogP contribution in [0.1, 0.15) is 23.7 Å². The number of carbonyl (C=O) groups is 2. The molecule has 2 atom stereocenters. The number of nitrogens with zero attached hydrogens (tertiary/aromatic N) is 3. The molecule has 0 spiro atoms. The fourth-order valence-corrected chi connectivity index (χ4v) is 5.84. The highest BCUT2D eigenvalue weighted by atomic mass is 32.2. The quantitative estimate of drug-likeness (QED) is 0.545. The van der Waals surface area contributed by atoms with E-state index in [9.17, 15) is 18.0 Å². The number of pyridine rings is 1. The van der Waals surface area contributed by atoms with Crippen molar-refractivity contribution in [2.24, 2.45) is 0 Å². The van der Waals surface area contributed by atoms with E-state index in [0.717, 1.165) is 5.39 Å². The Balaban J connectivity index is 1.22. The number of rotatable bonds is 5. The average molecular weight is 525 g/mol. The van der Waals surface area contributed by atoms with Crippen molar-refractivity contribution in [3.63, 3.8) is 0 Å². The van der Waals surface area contributed by atoms with E-state index in [1.807, 2.05) is 6.92 Å². The molecule has 2 unspecified atom stereocenters. The van der Waals surface area contributed by atoms with E-state index in [1.54, 1.807) is 64.5 Å². The lowest BCUT2D eigenvalue weighted by molar-refractivity contribution is 0.0258. The number of amides is 2. The zero-order valence-corrected chi connectivity index (χ0v) is 21.2. The summed E-state index contributed by atoms with van der Waals surface area (Å²) >= 11 is 0. The van der Waals surface area contributed by atoms with Crippen molar-refractivity contribution in [1.29, 1.82) is 0 Å². The molecule has 0 saturated carbocycles. The number of piperazine rings is 1. The molecular formula is C26H28N4O6S. The highest BCUT2D eigenvalue weighted by Gasteiger charge is 2.32. The molecule has 10 nitrogen and oxygen atoms in total. The molecule has 5 rings (SSSR count). The van der Waals surface area contributed by atoms with Gasteiger partial charge in [0.05, 0.1) is 18.7 Å². The Bertz CT molecular complexity index is 1400. The van der Waals surface area contributed by atoms with Gasteiger partial charge in [-0.15, -0.1) is 0 Å². The number of para-hydroxylation sites is 1. The molecule has 11 heteroatoms. The van der Waals surface area contributed by atoms with Crippen LogP contribution in [0.15, 0.2) is 65.7 Å². The van der Waals surface area contributed by atoms with Crippen molar-refractivity contribution >= 4 is 38.6 Å². The van der Waals surface area contributed by atoms with E-state index in [2.05, 4.69) is 9.71 Å². The van der Waals surface area contributed by atoms with Crippen LogP contribution >= 0.6 is 0 Å². The average Bonchev–Trinajstić information content (AvgIpc) is 3.41. The van der Waals surface area contributed by atoms with Gasteiger partial charge in [-0.1, -0.05) is 18.2 Å². The van der Waals surface area contributed by atoms with Crippen LogP contribution in [-0.2, 0) is 19.5 Å². The third-order valence-electron chi connectivity index (χ3n) is 6.57. The van der Waals surface area contributed by atoms with Crippen LogP contribution in [0, 0.1) is 0 Å². The highest BCUT2D eigenvalue weighted by Crippen LogP contribution is 2.24. The second kappa shape index (κ2) is 10.3. The third kappa shape index (κ3) is 5.37. The Morgan fingerprint density at radius 1 is 1.08 bits per heavy atom. The summed E-state index contributed by atoms with van der Waals surface area (Å²) in [5.41, 5.74) is 1.15. The first-order valence-electron chi connectivity index (χ1n) is 12.1. The fraction of sp³-hybridized carbons (Fsp3) is 0.346. The lowest BCUT2D eigenvalue weighted by Crippen LogP contribution is -2.55. The van der Waals surface area contributed by atoms with Gasteiger partial charge in [0.15, 0.2) is 0 Å². The van der Waals surface area contributed by atoms with Crippen LogP contribution in [-0.4, -0.2) is 80.2 Å². The summed E-state index contributed by atoms with van der Waals surface area (Å²) in [5.74, 6) is -0.183. The summed E-state index contributed by atoms with van der Waals surface area (Å²) in [5, 5.41) is 0.723. The molecule has 0 radical (unpaired) electrons. The minimum Gasteiger partial charge on any atom is -0.444 e. The third-order valence-corrected chi connectivity index (χ3v) is 7.98. The molecule has 2 aliphatic heterocycles. The summed E-state index contributed by atoms with van der Waals surface area (Å²) in [6.45, 7) is 4.02. The van der Waals surface area contributed by atoms with Crippen molar-refractivity contribution < 1.29 is 27.5 Å². The number of hydrogen-bond donors (Lipinski definition) is 1. The van der Waals surface area contributed by atoms with Crippen LogP contribution in [0.4, 0.5) is 10.5 Å². The largest absolute Gasteiger partial charge is 0.444 e. The predicted octanol–water partition coefficient (Wildman–Crippen LogP) is 3.11. The molecule has 2 aliphatic rings. The summed E-state index contributed by atoms with van der Waals surface area (Å²) in [7, 11) is -3.89. The van der Waals surface area contributed by atoms with Gasteiger partial charge in [0.1, 0.15) is 11.0 Å². The lowest BCUT2D eigenvalue weighted by atomic mass is 10.1. The minimum atomic E-state index is -3.89. The van der Waals surface area contributed by atoms with E-state index in [1.165, 1.54) is 6.07 Å². The van der Waals surface area contributed by atoms with Gasteiger partial charge < -0.3 is 19.3 Å². The zero-order chi connectivity index (χ0) is 26.0. The summed E-state index contributed by atoms with van der Waals surface area (Å²) in [4.78, 5) is 33.2. The molecule has 0 bridgehead atoms. The molecule has 1 N–H and O–H groups in total. The summed E-state index contributed by atoms with van der Waals surface area (Å²) in [6.07, 6.45) is 1.66. The number of sulfonamides is 1. The van der Waals surface area contributed by atoms with Gasteiger partial charge in [-0.2, -0.15) is 0 Å². The monoisotopic (exact) mass is 524 g/mol. The number of hydrogen-bond acceptors (Lipinski definition) is 7. The topological polar surface area (TPSA) is 118 Å². The van der Waals surface area contributed by atoms with Crippen molar-refractivity contribution in [2.45, 2.75) is 30.4 Å². The number of benzene rings is 2. The van der Waals surface area contributed by atoms with E-state index >= 15 is 0 Å². The molecule has 2 saturated heterocycles. The van der Waals surface area contributed by atoms with Gasteiger partial charge in [0, 0.05) is 54.9 Å². The van der Waals surface area contributed by atoms with Crippen LogP contribution in [0.25, 0.3) is 10.9 Å². The normalized spacial score (nSPS) is 20.1. The standard InChI is InChI=1S/C26H28N4O6S/c1-18-16-29(26(32)36-22-11-15-35-17-22)13-14-30(18)25(31)20-7-9-21(10-8-20)28-37(33,34)23-6-2-4-19-5-3-12-27-24(19)23/h2-10,12,18,22,28H,11,13-17H2,1H3. The van der Waals surface area contributed by atoms with E-state index in [-0.39, 0.29) is 29.0 Å². The predicted molar refractivity (Wildman–Crippen MR) is 137 cm³/mol. The second-order valence-electron chi connectivity index (χ2n) is 9.18. The smallest absolute Gasteiger partial charge is 0.410 e. The van der Waals surface area contributed by atoms with Crippen LogP contribution < -0.4 is 4.72 Å². The van der Waals surface area contributed by atoms with Gasteiger partial charge >= 0.3 is 6.09 Å². The fourth-order valence-electron chi connectivity index (χ4n) is 4.60. The SMILES string of the molecule is CC1CN(C(=O)OC2CCOC2)CCN1C(=O)c1ccc(NS(=O)(=O)c2cccc3cccnc23)cc1. The molecule has 194 valence electrons. The maximum atomic E-state index is 13.2. The lowest BCUT2D eigenvalue weighted by Gasteiger charge is -2.39. The first-order chi connectivity index (χ1) is 17.8. The van der Waals surface area contributed by atoms with Gasteiger partial charge in [0.2, 0.25) is 0 Å². The van der Waals surface area contributed by atoms with Gasteiger partial charge in [-0.25, -0.2) is 13.2 Å². The maximum absolute atomic E-state index is 13.2. The van der Waals surface area contributed by atoms with Crippen molar-refractivity contribution in [3.05, 3.63) is 66.4 Å². The number of nitrogens with one attached hydrogen (secondary N) is 1. The van der Waals surface area contributed by atoms with E-state index in [0.29, 0.717) is 56.0 Å². The molecule has 3 aromatic rings. The highest BCUT2D eigenvalue weighted by molar-refractivity contribution is 7.93. The summed E-state index contributed by atoms with van der Waals surface area (Å²) in [6, 6.07) is 14.6. The Hall–Kier alpha value is -3.70. The molecule has 2 fully saturated rings. The molecule has 3 heterocycles. The maximum Gasteiger partial charge on any atom is 0.410 e. The first kappa shape index (κ1) is 25.0. The number of ether oxygens (including phenoxy) is 2. The second-order valence-corrected chi connectivity index (χ2v) is 10.8. The van der Waals surface area contributed by atoms with Crippen LogP contribution in [0.2, 0.25) is 0 Å². The van der Waals surface area contributed by atoms with Crippen LogP contribution in [0.5, 0.6) is 0 Å². The number of anilines is 1. The number of carbonyl (C=O) groups excluding carboxylic acids is 2. The molecule has 2 aromatic carbocycles. The Morgan fingerprint density at radius 2 is 1.86 bits per heavy atom. The Kier molecular flexibility index (Phi) is 6.98. The number of fused-ring (bicyclic) bond motifs is 1. The molecule has 37 heavy (non-hydrogen) atoms. The minimum absolute atomic E-state index is 0.0800. The number of aromatic nitrogens is 1. The molecular weight excluding hydrogens is 496 g/mol. The molecule has 2 amide bonds. The van der Waals surface area contributed by atoms with E-state index < -0.39 is 10.0 Å². The molecule has 1 aromatic heterocycles. The van der Waals surface area contributed by atoms with Crippen molar-refractivity contribution in [3.8, 4) is 0 Å². The van der Waals surface area contributed by atoms with Crippen LogP contribution in [0.3, 0.4) is 0 Å².